The standard InChI is InChI=1S/C12H14BrClN2O/c13-11-3-1-9(14)5-8(11)6-15-10-2-4-12(17)16-7-10/h1,3,5,10,15H,2,4,6-7H2,(H,16,17). The van der Waals surface area contributed by atoms with Crippen LogP contribution < -0.4 is 10.6 Å². The topological polar surface area (TPSA) is 41.1 Å². The molecule has 1 heterocycles. The summed E-state index contributed by atoms with van der Waals surface area (Å²) in [6.45, 7) is 1.46. The Balaban J connectivity index is 1.89. The van der Waals surface area contributed by atoms with Gasteiger partial charge in [0.2, 0.25) is 5.91 Å². The van der Waals surface area contributed by atoms with Gasteiger partial charge in [-0.2, -0.15) is 0 Å². The van der Waals surface area contributed by atoms with Gasteiger partial charge in [0, 0.05) is 35.0 Å². The van der Waals surface area contributed by atoms with Crippen LogP contribution in [0.1, 0.15) is 18.4 Å². The average Bonchev–Trinajstić information content (AvgIpc) is 2.32. The Hall–Kier alpha value is -0.580. The van der Waals surface area contributed by atoms with Gasteiger partial charge >= 0.3 is 0 Å². The molecule has 0 saturated carbocycles. The van der Waals surface area contributed by atoms with Crippen molar-refractivity contribution in [3.8, 4) is 0 Å². The average molecular weight is 318 g/mol. The number of benzene rings is 1. The number of halogens is 2. The fourth-order valence-electron chi connectivity index (χ4n) is 1.84. The molecule has 1 fully saturated rings. The van der Waals surface area contributed by atoms with E-state index in [1.54, 1.807) is 0 Å². The first-order chi connectivity index (χ1) is 8.15. The van der Waals surface area contributed by atoms with Crippen LogP contribution in [0, 0.1) is 0 Å². The highest BCUT2D eigenvalue weighted by atomic mass is 79.9. The zero-order valence-electron chi connectivity index (χ0n) is 9.30. The number of carbonyl (C=O) groups excluding carboxylic acids is 1. The Bertz CT molecular complexity index is 415. The minimum absolute atomic E-state index is 0.145. The number of hydrogen-bond donors (Lipinski definition) is 2. The molecule has 1 atom stereocenters. The molecule has 1 aromatic rings. The Kier molecular flexibility index (Phi) is 4.42. The highest BCUT2D eigenvalue weighted by Gasteiger charge is 2.17. The molecular weight excluding hydrogens is 304 g/mol. The monoisotopic (exact) mass is 316 g/mol. The summed E-state index contributed by atoms with van der Waals surface area (Å²) in [5, 5.41) is 7.02. The molecule has 1 saturated heterocycles. The van der Waals surface area contributed by atoms with Crippen molar-refractivity contribution >= 4 is 33.4 Å². The molecule has 1 unspecified atom stereocenters. The van der Waals surface area contributed by atoms with Crippen LogP contribution in [0.4, 0.5) is 0 Å². The van der Waals surface area contributed by atoms with E-state index < -0.39 is 0 Å². The lowest BCUT2D eigenvalue weighted by atomic mass is 10.1. The van der Waals surface area contributed by atoms with Crippen molar-refractivity contribution in [3.63, 3.8) is 0 Å². The number of piperidine rings is 1. The maximum absolute atomic E-state index is 11.0. The number of hydrogen-bond acceptors (Lipinski definition) is 2. The summed E-state index contributed by atoms with van der Waals surface area (Å²) < 4.78 is 1.05. The van der Waals surface area contributed by atoms with Crippen LogP contribution in [0.5, 0.6) is 0 Å². The molecule has 0 bridgehead atoms. The summed E-state index contributed by atoms with van der Waals surface area (Å²) in [7, 11) is 0. The molecule has 0 radical (unpaired) electrons. The third kappa shape index (κ3) is 3.69. The maximum Gasteiger partial charge on any atom is 0.220 e. The van der Waals surface area contributed by atoms with Crippen LogP contribution in [0.3, 0.4) is 0 Å². The van der Waals surface area contributed by atoms with Gasteiger partial charge in [-0.3, -0.25) is 4.79 Å². The second-order valence-electron chi connectivity index (χ2n) is 4.16. The largest absolute Gasteiger partial charge is 0.355 e. The Morgan fingerprint density at radius 3 is 3.06 bits per heavy atom. The molecule has 3 nitrogen and oxygen atoms in total. The summed E-state index contributed by atoms with van der Waals surface area (Å²) >= 11 is 9.45. The predicted octanol–water partition coefficient (Wildman–Crippen LogP) is 2.47. The van der Waals surface area contributed by atoms with E-state index in [9.17, 15) is 4.79 Å². The fraction of sp³-hybridized carbons (Fsp3) is 0.417. The van der Waals surface area contributed by atoms with Crippen molar-refractivity contribution in [1.82, 2.24) is 10.6 Å². The molecule has 92 valence electrons. The first kappa shape index (κ1) is 12.9. The van der Waals surface area contributed by atoms with Crippen LogP contribution in [-0.4, -0.2) is 18.5 Å². The van der Waals surface area contributed by atoms with E-state index >= 15 is 0 Å². The lowest BCUT2D eigenvalue weighted by Crippen LogP contribution is -2.45. The van der Waals surface area contributed by atoms with E-state index in [4.69, 9.17) is 11.6 Å². The minimum Gasteiger partial charge on any atom is -0.355 e. The molecule has 1 aliphatic heterocycles. The van der Waals surface area contributed by atoms with Crippen LogP contribution in [-0.2, 0) is 11.3 Å². The molecule has 2 N–H and O–H groups in total. The highest BCUT2D eigenvalue weighted by Crippen LogP contribution is 2.21. The summed E-state index contributed by atoms with van der Waals surface area (Å²) in [5.74, 6) is 0.145. The predicted molar refractivity (Wildman–Crippen MR) is 72.0 cm³/mol. The molecule has 1 aromatic carbocycles. The molecule has 17 heavy (non-hydrogen) atoms. The van der Waals surface area contributed by atoms with Crippen molar-refractivity contribution in [2.24, 2.45) is 0 Å². The van der Waals surface area contributed by atoms with E-state index in [0.29, 0.717) is 19.0 Å². The molecule has 2 rings (SSSR count). The first-order valence-electron chi connectivity index (χ1n) is 5.59. The summed E-state index contributed by atoms with van der Waals surface area (Å²) in [4.78, 5) is 11.0. The number of amides is 1. The molecule has 1 amide bonds. The van der Waals surface area contributed by atoms with Gasteiger partial charge in [-0.15, -0.1) is 0 Å². The van der Waals surface area contributed by atoms with Crippen molar-refractivity contribution in [1.29, 1.82) is 0 Å². The third-order valence-electron chi connectivity index (χ3n) is 2.85. The van der Waals surface area contributed by atoms with E-state index in [2.05, 4.69) is 26.6 Å². The second-order valence-corrected chi connectivity index (χ2v) is 5.45. The Labute approximate surface area is 114 Å². The van der Waals surface area contributed by atoms with Gasteiger partial charge in [0.05, 0.1) is 0 Å². The minimum atomic E-state index is 0.145. The van der Waals surface area contributed by atoms with Crippen molar-refractivity contribution in [3.05, 3.63) is 33.3 Å². The first-order valence-corrected chi connectivity index (χ1v) is 6.76. The molecule has 0 aromatic heterocycles. The van der Waals surface area contributed by atoms with E-state index in [1.807, 2.05) is 18.2 Å². The number of rotatable bonds is 3. The van der Waals surface area contributed by atoms with Crippen LogP contribution in [0.15, 0.2) is 22.7 Å². The third-order valence-corrected chi connectivity index (χ3v) is 3.86. The Morgan fingerprint density at radius 2 is 2.35 bits per heavy atom. The van der Waals surface area contributed by atoms with Gasteiger partial charge < -0.3 is 10.6 Å². The zero-order chi connectivity index (χ0) is 12.3. The number of carbonyl (C=O) groups is 1. The van der Waals surface area contributed by atoms with Crippen molar-refractivity contribution in [2.75, 3.05) is 6.54 Å². The molecule has 1 aliphatic rings. The van der Waals surface area contributed by atoms with Gasteiger partial charge in [0.1, 0.15) is 0 Å². The summed E-state index contributed by atoms with van der Waals surface area (Å²) in [6, 6.07) is 6.09. The fourth-order valence-corrected chi connectivity index (χ4v) is 2.42. The van der Waals surface area contributed by atoms with E-state index in [-0.39, 0.29) is 5.91 Å². The van der Waals surface area contributed by atoms with E-state index in [0.717, 1.165) is 28.0 Å². The lowest BCUT2D eigenvalue weighted by Gasteiger charge is -2.23. The molecule has 0 aliphatic carbocycles. The number of nitrogens with one attached hydrogen (secondary N) is 2. The summed E-state index contributed by atoms with van der Waals surface area (Å²) in [6.07, 6.45) is 1.50. The van der Waals surface area contributed by atoms with Crippen molar-refractivity contribution < 1.29 is 4.79 Å². The normalized spacial score (nSPS) is 20.1. The second kappa shape index (κ2) is 5.85. The maximum atomic E-state index is 11.0. The van der Waals surface area contributed by atoms with Gasteiger partial charge in [-0.05, 0) is 30.2 Å². The SMILES string of the molecule is O=C1CCC(NCc2cc(Cl)ccc2Br)CN1. The van der Waals surface area contributed by atoms with Gasteiger partial charge in [0.15, 0.2) is 0 Å². The van der Waals surface area contributed by atoms with E-state index in [1.165, 1.54) is 0 Å². The van der Waals surface area contributed by atoms with Crippen LogP contribution >= 0.6 is 27.5 Å². The zero-order valence-corrected chi connectivity index (χ0v) is 11.6. The van der Waals surface area contributed by atoms with Crippen molar-refractivity contribution in [2.45, 2.75) is 25.4 Å². The molecule has 0 spiro atoms. The smallest absolute Gasteiger partial charge is 0.220 e. The van der Waals surface area contributed by atoms with Crippen LogP contribution in [0.25, 0.3) is 0 Å². The lowest BCUT2D eigenvalue weighted by molar-refractivity contribution is -0.122. The quantitative estimate of drug-likeness (QED) is 0.899. The van der Waals surface area contributed by atoms with Gasteiger partial charge in [-0.25, -0.2) is 0 Å². The molecule has 5 heteroatoms. The molecular formula is C12H14BrClN2O. The Morgan fingerprint density at radius 1 is 1.53 bits per heavy atom. The van der Waals surface area contributed by atoms with Gasteiger partial charge in [-0.1, -0.05) is 27.5 Å². The van der Waals surface area contributed by atoms with Gasteiger partial charge in [0.25, 0.3) is 0 Å². The highest BCUT2D eigenvalue weighted by molar-refractivity contribution is 9.10. The van der Waals surface area contributed by atoms with Crippen LogP contribution in [0.2, 0.25) is 5.02 Å². The summed E-state index contributed by atoms with van der Waals surface area (Å²) in [5.41, 5.74) is 1.13.